The minimum absolute atomic E-state index is 0.806. The van der Waals surface area contributed by atoms with Crippen LogP contribution in [0.3, 0.4) is 0 Å². The van der Waals surface area contributed by atoms with Gasteiger partial charge in [0.2, 0.25) is 0 Å². The van der Waals surface area contributed by atoms with Crippen molar-refractivity contribution in [2.45, 2.75) is 19.8 Å². The normalized spacial score (nSPS) is 18.9. The molecule has 0 amide bonds. The lowest BCUT2D eigenvalue weighted by atomic mass is 10.1. The maximum absolute atomic E-state index is 3.54. The molecule has 0 saturated carbocycles. The van der Waals surface area contributed by atoms with Gasteiger partial charge in [-0.15, -0.1) is 0 Å². The van der Waals surface area contributed by atoms with Crippen molar-refractivity contribution in [3.05, 3.63) is 24.3 Å². The second-order valence-electron chi connectivity index (χ2n) is 5.72. The third kappa shape index (κ3) is 3.87. The maximum Gasteiger partial charge on any atom is 0.0367 e. The Labute approximate surface area is 117 Å². The first-order valence-electron chi connectivity index (χ1n) is 7.43. The van der Waals surface area contributed by atoms with Crippen molar-refractivity contribution in [1.82, 2.24) is 5.32 Å². The molecule has 1 aliphatic heterocycles. The third-order valence-electron chi connectivity index (χ3n) is 3.88. The first kappa shape index (κ1) is 14.2. The number of nitrogens with one attached hydrogen (secondary N) is 1. The van der Waals surface area contributed by atoms with Crippen molar-refractivity contribution < 1.29 is 0 Å². The number of hydrogen-bond acceptors (Lipinski definition) is 3. The van der Waals surface area contributed by atoms with E-state index in [9.17, 15) is 0 Å². The van der Waals surface area contributed by atoms with E-state index < -0.39 is 0 Å². The number of anilines is 2. The second kappa shape index (κ2) is 6.80. The molecular formula is C16H27N3. The van der Waals surface area contributed by atoms with Crippen LogP contribution in [0.15, 0.2) is 24.3 Å². The van der Waals surface area contributed by atoms with Gasteiger partial charge in [-0.1, -0.05) is 6.92 Å². The molecule has 19 heavy (non-hydrogen) atoms. The fraction of sp³-hybridized carbons (Fsp3) is 0.625. The van der Waals surface area contributed by atoms with Gasteiger partial charge in [-0.25, -0.2) is 0 Å². The highest BCUT2D eigenvalue weighted by Gasteiger charge is 2.22. The summed E-state index contributed by atoms with van der Waals surface area (Å²) in [5.74, 6) is 0.806. The lowest BCUT2D eigenvalue weighted by Gasteiger charge is -2.20. The van der Waals surface area contributed by atoms with E-state index in [1.807, 2.05) is 0 Å². The van der Waals surface area contributed by atoms with E-state index in [1.165, 1.54) is 43.9 Å². The Bertz CT molecular complexity index is 372. The highest BCUT2D eigenvalue weighted by molar-refractivity contribution is 5.56. The molecule has 3 nitrogen and oxygen atoms in total. The molecule has 0 bridgehead atoms. The van der Waals surface area contributed by atoms with Gasteiger partial charge in [0, 0.05) is 38.6 Å². The minimum atomic E-state index is 0.806. The van der Waals surface area contributed by atoms with Gasteiger partial charge < -0.3 is 15.1 Å². The summed E-state index contributed by atoms with van der Waals surface area (Å²) in [4.78, 5) is 4.66. The van der Waals surface area contributed by atoms with Crippen LogP contribution in [-0.4, -0.2) is 40.3 Å². The third-order valence-corrected chi connectivity index (χ3v) is 3.88. The van der Waals surface area contributed by atoms with Crippen LogP contribution in [0, 0.1) is 5.92 Å². The number of hydrogen-bond donors (Lipinski definition) is 1. The zero-order chi connectivity index (χ0) is 13.7. The SMILES string of the molecule is CCCNCC1CCN(c2ccc(N(C)C)cc2)C1. The van der Waals surface area contributed by atoms with E-state index in [4.69, 9.17) is 0 Å². The molecule has 2 rings (SSSR count). The van der Waals surface area contributed by atoms with Gasteiger partial charge in [-0.2, -0.15) is 0 Å². The second-order valence-corrected chi connectivity index (χ2v) is 5.72. The van der Waals surface area contributed by atoms with Crippen LogP contribution >= 0.6 is 0 Å². The fourth-order valence-electron chi connectivity index (χ4n) is 2.68. The summed E-state index contributed by atoms with van der Waals surface area (Å²) in [5.41, 5.74) is 2.63. The number of benzene rings is 1. The largest absolute Gasteiger partial charge is 0.378 e. The molecule has 1 aromatic rings. The summed E-state index contributed by atoms with van der Waals surface area (Å²) in [6.07, 6.45) is 2.54. The molecule has 1 saturated heterocycles. The average molecular weight is 261 g/mol. The molecule has 0 radical (unpaired) electrons. The zero-order valence-electron chi connectivity index (χ0n) is 12.5. The summed E-state index contributed by atoms with van der Waals surface area (Å²) in [5, 5.41) is 3.54. The Balaban J connectivity index is 1.86. The first-order valence-corrected chi connectivity index (χ1v) is 7.43. The van der Waals surface area contributed by atoms with Crippen LogP contribution in [-0.2, 0) is 0 Å². The smallest absolute Gasteiger partial charge is 0.0367 e. The highest BCUT2D eigenvalue weighted by atomic mass is 15.2. The van der Waals surface area contributed by atoms with E-state index in [-0.39, 0.29) is 0 Å². The average Bonchev–Trinajstić information content (AvgIpc) is 2.88. The Morgan fingerprint density at radius 3 is 2.63 bits per heavy atom. The summed E-state index contributed by atoms with van der Waals surface area (Å²) in [6.45, 7) is 6.92. The van der Waals surface area contributed by atoms with Crippen LogP contribution in [0.5, 0.6) is 0 Å². The number of nitrogens with zero attached hydrogens (tertiary/aromatic N) is 2. The summed E-state index contributed by atoms with van der Waals surface area (Å²) >= 11 is 0. The van der Waals surface area contributed by atoms with Crippen LogP contribution in [0.4, 0.5) is 11.4 Å². The molecule has 1 unspecified atom stereocenters. The molecule has 0 aromatic heterocycles. The van der Waals surface area contributed by atoms with Crippen molar-refractivity contribution in [3.8, 4) is 0 Å². The standard InChI is InChI=1S/C16H27N3/c1-4-10-17-12-14-9-11-19(13-14)16-7-5-15(6-8-16)18(2)3/h5-8,14,17H,4,9-13H2,1-3H3. The Kier molecular flexibility index (Phi) is 5.08. The van der Waals surface area contributed by atoms with Crippen molar-refractivity contribution in [2.75, 3.05) is 50.1 Å². The lowest BCUT2D eigenvalue weighted by Crippen LogP contribution is -2.26. The summed E-state index contributed by atoms with van der Waals surface area (Å²) in [7, 11) is 4.17. The predicted molar refractivity (Wildman–Crippen MR) is 84.2 cm³/mol. The molecule has 0 spiro atoms. The summed E-state index contributed by atoms with van der Waals surface area (Å²) in [6, 6.07) is 8.91. The Hall–Kier alpha value is -1.22. The van der Waals surface area contributed by atoms with Gasteiger partial charge >= 0.3 is 0 Å². The van der Waals surface area contributed by atoms with Gasteiger partial charge in [-0.05, 0) is 56.1 Å². The zero-order valence-corrected chi connectivity index (χ0v) is 12.5. The first-order chi connectivity index (χ1) is 9.20. The fourth-order valence-corrected chi connectivity index (χ4v) is 2.68. The lowest BCUT2D eigenvalue weighted by molar-refractivity contribution is 0.516. The Morgan fingerprint density at radius 1 is 1.26 bits per heavy atom. The molecule has 1 heterocycles. The van der Waals surface area contributed by atoms with Crippen LogP contribution in [0.25, 0.3) is 0 Å². The van der Waals surface area contributed by atoms with Crippen molar-refractivity contribution in [1.29, 1.82) is 0 Å². The van der Waals surface area contributed by atoms with Gasteiger partial charge in [-0.3, -0.25) is 0 Å². The molecular weight excluding hydrogens is 234 g/mol. The van der Waals surface area contributed by atoms with Gasteiger partial charge in [0.05, 0.1) is 0 Å². The molecule has 1 atom stereocenters. The van der Waals surface area contributed by atoms with E-state index in [0.717, 1.165) is 12.5 Å². The number of rotatable bonds is 6. The minimum Gasteiger partial charge on any atom is -0.378 e. The maximum atomic E-state index is 3.54. The molecule has 1 fully saturated rings. The molecule has 3 heteroatoms. The predicted octanol–water partition coefficient (Wildman–Crippen LogP) is 2.58. The molecule has 0 aliphatic carbocycles. The molecule has 1 N–H and O–H groups in total. The van der Waals surface area contributed by atoms with Crippen molar-refractivity contribution in [3.63, 3.8) is 0 Å². The van der Waals surface area contributed by atoms with Crippen LogP contribution in [0.2, 0.25) is 0 Å². The van der Waals surface area contributed by atoms with Crippen molar-refractivity contribution in [2.24, 2.45) is 5.92 Å². The highest BCUT2D eigenvalue weighted by Crippen LogP contribution is 2.25. The van der Waals surface area contributed by atoms with Crippen LogP contribution < -0.4 is 15.1 Å². The van der Waals surface area contributed by atoms with Gasteiger partial charge in [0.1, 0.15) is 0 Å². The van der Waals surface area contributed by atoms with Crippen molar-refractivity contribution >= 4 is 11.4 Å². The molecule has 1 aromatic carbocycles. The van der Waals surface area contributed by atoms with Crippen LogP contribution in [0.1, 0.15) is 19.8 Å². The van der Waals surface area contributed by atoms with E-state index in [1.54, 1.807) is 0 Å². The topological polar surface area (TPSA) is 18.5 Å². The van der Waals surface area contributed by atoms with Gasteiger partial charge in [0.25, 0.3) is 0 Å². The van der Waals surface area contributed by atoms with E-state index >= 15 is 0 Å². The van der Waals surface area contributed by atoms with E-state index in [0.29, 0.717) is 0 Å². The van der Waals surface area contributed by atoms with E-state index in [2.05, 4.69) is 60.4 Å². The van der Waals surface area contributed by atoms with Gasteiger partial charge in [0.15, 0.2) is 0 Å². The Morgan fingerprint density at radius 2 is 2.00 bits per heavy atom. The molecule has 106 valence electrons. The summed E-state index contributed by atoms with van der Waals surface area (Å²) < 4.78 is 0. The quantitative estimate of drug-likeness (QED) is 0.794. The monoisotopic (exact) mass is 261 g/mol. The molecule has 1 aliphatic rings.